The molecule has 0 radical (unpaired) electrons. The van der Waals surface area contributed by atoms with Crippen LogP contribution in [0, 0.1) is 11.3 Å². The van der Waals surface area contributed by atoms with Gasteiger partial charge in [0, 0.05) is 0 Å². The van der Waals surface area contributed by atoms with E-state index < -0.39 is 0 Å². The van der Waals surface area contributed by atoms with Crippen molar-refractivity contribution in [2.24, 2.45) is 0 Å². The van der Waals surface area contributed by atoms with E-state index in [1.54, 1.807) is 24.5 Å². The average molecular weight is 346 g/mol. The van der Waals surface area contributed by atoms with Gasteiger partial charge in [-0.1, -0.05) is 24.3 Å². The molecule has 1 N–H and O–H groups in total. The quantitative estimate of drug-likeness (QED) is 0.730. The highest BCUT2D eigenvalue weighted by Gasteiger charge is 2.12. The molecule has 1 heterocycles. The fourth-order valence-corrected chi connectivity index (χ4v) is 2.52. The fraction of sp³-hybridized carbons (Fsp3) is 0.143. The van der Waals surface area contributed by atoms with Gasteiger partial charge in [-0.05, 0) is 54.4 Å². The van der Waals surface area contributed by atoms with Crippen molar-refractivity contribution >= 4 is 5.91 Å². The highest BCUT2D eigenvalue weighted by atomic mass is 16.5. The third-order valence-corrected chi connectivity index (χ3v) is 3.92. The Bertz CT molecular complexity index is 892. The lowest BCUT2D eigenvalue weighted by atomic mass is 10.0. The maximum absolute atomic E-state index is 12.0. The van der Waals surface area contributed by atoms with E-state index >= 15 is 0 Å². The van der Waals surface area contributed by atoms with Crippen LogP contribution in [-0.2, 0) is 4.79 Å². The van der Waals surface area contributed by atoms with E-state index in [4.69, 9.17) is 14.4 Å². The van der Waals surface area contributed by atoms with Crippen LogP contribution in [0.1, 0.15) is 24.3 Å². The Kier molecular flexibility index (Phi) is 5.35. The van der Waals surface area contributed by atoms with Gasteiger partial charge in [0.25, 0.3) is 5.91 Å². The zero-order valence-electron chi connectivity index (χ0n) is 14.3. The maximum Gasteiger partial charge on any atom is 0.258 e. The largest absolute Gasteiger partial charge is 0.484 e. The van der Waals surface area contributed by atoms with Crippen molar-refractivity contribution in [1.29, 1.82) is 5.26 Å². The number of rotatable bonds is 6. The Hall–Kier alpha value is -3.52. The number of ether oxygens (including phenoxy) is 1. The Morgan fingerprint density at radius 3 is 2.35 bits per heavy atom. The third-order valence-electron chi connectivity index (χ3n) is 3.92. The van der Waals surface area contributed by atoms with Crippen LogP contribution in [0.4, 0.5) is 0 Å². The van der Waals surface area contributed by atoms with Crippen molar-refractivity contribution in [2.75, 3.05) is 6.61 Å². The number of benzene rings is 2. The summed E-state index contributed by atoms with van der Waals surface area (Å²) in [7, 11) is 0. The first-order valence-electron chi connectivity index (χ1n) is 8.22. The van der Waals surface area contributed by atoms with Crippen LogP contribution in [0.2, 0.25) is 0 Å². The van der Waals surface area contributed by atoms with Crippen molar-refractivity contribution in [3.8, 4) is 22.9 Å². The zero-order valence-corrected chi connectivity index (χ0v) is 14.3. The van der Waals surface area contributed by atoms with Gasteiger partial charge in [-0.3, -0.25) is 4.79 Å². The molecule has 0 fully saturated rings. The van der Waals surface area contributed by atoms with Gasteiger partial charge in [-0.2, -0.15) is 5.26 Å². The summed E-state index contributed by atoms with van der Waals surface area (Å²) in [5.41, 5.74) is 2.65. The van der Waals surface area contributed by atoms with Gasteiger partial charge in [0.1, 0.15) is 11.5 Å². The van der Waals surface area contributed by atoms with Crippen LogP contribution >= 0.6 is 0 Å². The maximum atomic E-state index is 12.0. The number of hydrogen-bond donors (Lipinski definition) is 1. The van der Waals surface area contributed by atoms with Crippen molar-refractivity contribution in [1.82, 2.24) is 5.32 Å². The topological polar surface area (TPSA) is 75.3 Å². The van der Waals surface area contributed by atoms with Gasteiger partial charge in [-0.15, -0.1) is 0 Å². The summed E-state index contributed by atoms with van der Waals surface area (Å²) < 4.78 is 10.8. The summed E-state index contributed by atoms with van der Waals surface area (Å²) in [6.07, 6.45) is 1.57. The van der Waals surface area contributed by atoms with Crippen molar-refractivity contribution in [3.05, 3.63) is 78.3 Å². The summed E-state index contributed by atoms with van der Waals surface area (Å²) in [6, 6.07) is 20.3. The van der Waals surface area contributed by atoms with E-state index in [9.17, 15) is 4.79 Å². The molecule has 0 unspecified atom stereocenters. The van der Waals surface area contributed by atoms with E-state index in [1.165, 1.54) is 0 Å². The van der Waals surface area contributed by atoms with Crippen molar-refractivity contribution in [3.63, 3.8) is 0 Å². The van der Waals surface area contributed by atoms with Crippen LogP contribution in [0.3, 0.4) is 0 Å². The molecule has 0 spiro atoms. The van der Waals surface area contributed by atoms with E-state index in [-0.39, 0.29) is 18.6 Å². The Labute approximate surface area is 151 Å². The standard InChI is InChI=1S/C21H18N2O3/c1-15(20-3-2-12-25-20)23-21(24)14-26-19-10-8-18(9-11-19)17-6-4-16(13-22)5-7-17/h2-12,15H,14H2,1H3,(H,23,24)/t15-/m1/s1. The third kappa shape index (κ3) is 4.31. The second kappa shape index (κ2) is 8.04. The number of furan rings is 1. The van der Waals surface area contributed by atoms with Crippen LogP contribution in [0.25, 0.3) is 11.1 Å². The van der Waals surface area contributed by atoms with Gasteiger partial charge in [0.05, 0.1) is 23.9 Å². The van der Waals surface area contributed by atoms with Crippen molar-refractivity contribution in [2.45, 2.75) is 13.0 Å². The lowest BCUT2D eigenvalue weighted by Crippen LogP contribution is -2.31. The molecule has 0 aliphatic rings. The SMILES string of the molecule is C[C@@H](NC(=O)COc1ccc(-c2ccc(C#N)cc2)cc1)c1ccco1. The summed E-state index contributed by atoms with van der Waals surface area (Å²) in [5, 5.41) is 11.7. The number of carbonyl (C=O) groups excluding carboxylic acids is 1. The highest BCUT2D eigenvalue weighted by molar-refractivity contribution is 5.78. The summed E-state index contributed by atoms with van der Waals surface area (Å²) in [4.78, 5) is 12.0. The monoisotopic (exact) mass is 346 g/mol. The first-order chi connectivity index (χ1) is 12.7. The molecule has 26 heavy (non-hydrogen) atoms. The first kappa shape index (κ1) is 17.3. The molecule has 0 aliphatic carbocycles. The molecule has 3 aromatic rings. The van der Waals surface area contributed by atoms with Crippen LogP contribution in [0.5, 0.6) is 5.75 Å². The fourth-order valence-electron chi connectivity index (χ4n) is 2.52. The van der Waals surface area contributed by atoms with Crippen LogP contribution < -0.4 is 10.1 Å². The zero-order chi connectivity index (χ0) is 18.4. The minimum atomic E-state index is -0.218. The van der Waals surface area contributed by atoms with Gasteiger partial charge in [0.15, 0.2) is 6.61 Å². The average Bonchev–Trinajstić information content (AvgIpc) is 3.22. The van der Waals surface area contributed by atoms with Gasteiger partial charge < -0.3 is 14.5 Å². The lowest BCUT2D eigenvalue weighted by Gasteiger charge is -2.12. The molecule has 0 aliphatic heterocycles. The number of carbonyl (C=O) groups is 1. The Balaban J connectivity index is 1.54. The molecule has 5 nitrogen and oxygen atoms in total. The van der Waals surface area contributed by atoms with Crippen LogP contribution in [0.15, 0.2) is 71.3 Å². The van der Waals surface area contributed by atoms with E-state index in [1.807, 2.05) is 49.4 Å². The Morgan fingerprint density at radius 1 is 1.12 bits per heavy atom. The number of nitrogens with zero attached hydrogens (tertiary/aromatic N) is 1. The Morgan fingerprint density at radius 2 is 1.77 bits per heavy atom. The number of nitriles is 1. The van der Waals surface area contributed by atoms with Gasteiger partial charge in [-0.25, -0.2) is 0 Å². The van der Waals surface area contributed by atoms with E-state index in [2.05, 4.69) is 11.4 Å². The minimum Gasteiger partial charge on any atom is -0.484 e. The summed E-state index contributed by atoms with van der Waals surface area (Å²) in [5.74, 6) is 1.10. The van der Waals surface area contributed by atoms with Gasteiger partial charge in [0.2, 0.25) is 0 Å². The molecular formula is C21H18N2O3. The molecule has 1 atom stereocenters. The number of nitrogens with one attached hydrogen (secondary N) is 1. The predicted molar refractivity (Wildman–Crippen MR) is 97.4 cm³/mol. The molecule has 3 rings (SSSR count). The second-order valence-corrected chi connectivity index (χ2v) is 5.81. The van der Waals surface area contributed by atoms with E-state index in [0.29, 0.717) is 17.1 Å². The molecule has 1 amide bonds. The smallest absolute Gasteiger partial charge is 0.258 e. The molecule has 0 saturated carbocycles. The van der Waals surface area contributed by atoms with Gasteiger partial charge >= 0.3 is 0 Å². The molecule has 0 saturated heterocycles. The number of amides is 1. The summed E-state index contributed by atoms with van der Waals surface area (Å²) >= 11 is 0. The molecule has 5 heteroatoms. The molecular weight excluding hydrogens is 328 g/mol. The number of hydrogen-bond acceptors (Lipinski definition) is 4. The lowest BCUT2D eigenvalue weighted by molar-refractivity contribution is -0.123. The second-order valence-electron chi connectivity index (χ2n) is 5.81. The van der Waals surface area contributed by atoms with E-state index in [0.717, 1.165) is 11.1 Å². The predicted octanol–water partition coefficient (Wildman–Crippen LogP) is 4.07. The molecule has 1 aromatic heterocycles. The summed E-state index contributed by atoms with van der Waals surface area (Å²) in [6.45, 7) is 1.78. The molecule has 130 valence electrons. The van der Waals surface area contributed by atoms with Crippen molar-refractivity contribution < 1.29 is 13.9 Å². The molecule has 0 bridgehead atoms. The van der Waals surface area contributed by atoms with Crippen LogP contribution in [-0.4, -0.2) is 12.5 Å². The highest BCUT2D eigenvalue weighted by Crippen LogP contribution is 2.22. The first-order valence-corrected chi connectivity index (χ1v) is 8.22. The molecule has 2 aromatic carbocycles. The normalized spacial score (nSPS) is 11.4. The minimum absolute atomic E-state index is 0.0682.